The van der Waals surface area contributed by atoms with Crippen LogP contribution in [0.4, 0.5) is 0 Å². The van der Waals surface area contributed by atoms with Crippen molar-refractivity contribution in [3.63, 3.8) is 0 Å². The Hall–Kier alpha value is -1.26. The molecule has 0 fully saturated rings. The molecule has 0 aliphatic rings. The number of halogens is 1. The fourth-order valence-corrected chi connectivity index (χ4v) is 1.36. The molecule has 0 aliphatic heterocycles. The third-order valence-electron chi connectivity index (χ3n) is 2.08. The Balaban J connectivity index is 0.00000196. The van der Waals surface area contributed by atoms with Crippen LogP contribution in [0.25, 0.3) is 0 Å². The molecule has 84 valence electrons. The van der Waals surface area contributed by atoms with Gasteiger partial charge in [0.05, 0.1) is 6.42 Å². The topological polar surface area (TPSA) is 83.6 Å². The normalized spacial score (nSPS) is 11.5. The van der Waals surface area contributed by atoms with Crippen LogP contribution in [0.2, 0.25) is 0 Å². The highest BCUT2D eigenvalue weighted by Crippen LogP contribution is 2.26. The van der Waals surface area contributed by atoms with Gasteiger partial charge in [-0.3, -0.25) is 4.79 Å². The minimum absolute atomic E-state index is 0. The Morgan fingerprint density at radius 1 is 1.40 bits per heavy atom. The summed E-state index contributed by atoms with van der Waals surface area (Å²) in [5.74, 6) is -1.14. The second-order valence-corrected chi connectivity index (χ2v) is 3.09. The molecule has 0 radical (unpaired) electrons. The molecular weight excluding hydrogens is 218 g/mol. The number of para-hydroxylation sites is 1. The van der Waals surface area contributed by atoms with E-state index in [4.69, 9.17) is 10.8 Å². The van der Waals surface area contributed by atoms with Crippen LogP contribution in [-0.4, -0.2) is 22.7 Å². The van der Waals surface area contributed by atoms with Crippen LogP contribution in [0.5, 0.6) is 5.75 Å². The van der Waals surface area contributed by atoms with E-state index < -0.39 is 5.97 Å². The number of carbonyl (C=O) groups is 1. The quantitative estimate of drug-likeness (QED) is 0.730. The summed E-state index contributed by atoms with van der Waals surface area (Å²) in [5.41, 5.74) is 6.04. The minimum Gasteiger partial charge on any atom is -0.508 e. The van der Waals surface area contributed by atoms with E-state index in [0.29, 0.717) is 5.56 Å². The molecule has 5 heteroatoms. The average molecular weight is 232 g/mol. The number of aliphatic carboxylic acids is 1. The SMILES string of the molecule is Cl.NCC(CC(=O)O)c1ccccc1O. The molecule has 1 rings (SSSR count). The first-order valence-electron chi connectivity index (χ1n) is 4.35. The van der Waals surface area contributed by atoms with E-state index in [1.807, 2.05) is 0 Å². The van der Waals surface area contributed by atoms with Crippen molar-refractivity contribution in [3.8, 4) is 5.75 Å². The van der Waals surface area contributed by atoms with Gasteiger partial charge in [0.15, 0.2) is 0 Å². The van der Waals surface area contributed by atoms with Crippen molar-refractivity contribution in [2.45, 2.75) is 12.3 Å². The van der Waals surface area contributed by atoms with Crippen LogP contribution in [0.3, 0.4) is 0 Å². The molecular formula is C10H14ClNO3. The predicted molar refractivity (Wildman–Crippen MR) is 59.4 cm³/mol. The van der Waals surface area contributed by atoms with Crippen LogP contribution in [0.1, 0.15) is 17.9 Å². The lowest BCUT2D eigenvalue weighted by molar-refractivity contribution is -0.137. The van der Waals surface area contributed by atoms with Crippen molar-refractivity contribution in [1.82, 2.24) is 0 Å². The number of aromatic hydroxyl groups is 1. The number of benzene rings is 1. The van der Waals surface area contributed by atoms with E-state index in [2.05, 4.69) is 0 Å². The zero-order valence-corrected chi connectivity index (χ0v) is 8.91. The maximum atomic E-state index is 10.5. The fourth-order valence-electron chi connectivity index (χ4n) is 1.36. The van der Waals surface area contributed by atoms with Crippen molar-refractivity contribution in [1.29, 1.82) is 0 Å². The van der Waals surface area contributed by atoms with Gasteiger partial charge in [0.25, 0.3) is 0 Å². The number of phenols is 1. The lowest BCUT2D eigenvalue weighted by Gasteiger charge is -2.13. The number of phenolic OH excluding ortho intramolecular Hbond substituents is 1. The van der Waals surface area contributed by atoms with Gasteiger partial charge in [-0.2, -0.15) is 0 Å². The highest BCUT2D eigenvalue weighted by Gasteiger charge is 2.16. The molecule has 0 saturated heterocycles. The van der Waals surface area contributed by atoms with Crippen LogP contribution in [0.15, 0.2) is 24.3 Å². The first kappa shape index (κ1) is 13.7. The third kappa shape index (κ3) is 3.77. The Bertz CT molecular complexity index is 330. The van der Waals surface area contributed by atoms with Gasteiger partial charge < -0.3 is 15.9 Å². The molecule has 0 saturated carbocycles. The third-order valence-corrected chi connectivity index (χ3v) is 2.08. The number of hydrogen-bond donors (Lipinski definition) is 3. The first-order valence-corrected chi connectivity index (χ1v) is 4.35. The van der Waals surface area contributed by atoms with Crippen LogP contribution < -0.4 is 5.73 Å². The monoisotopic (exact) mass is 231 g/mol. The van der Waals surface area contributed by atoms with Crippen LogP contribution >= 0.6 is 12.4 Å². The molecule has 0 bridgehead atoms. The maximum absolute atomic E-state index is 10.5. The smallest absolute Gasteiger partial charge is 0.304 e. The standard InChI is InChI=1S/C10H13NO3.ClH/c11-6-7(5-10(13)14)8-3-1-2-4-9(8)12;/h1-4,7,12H,5-6,11H2,(H,13,14);1H. The number of carboxylic acids is 1. The first-order chi connectivity index (χ1) is 6.65. The molecule has 0 aromatic heterocycles. The van der Waals surface area contributed by atoms with Gasteiger partial charge in [-0.1, -0.05) is 18.2 Å². The molecule has 1 atom stereocenters. The van der Waals surface area contributed by atoms with Gasteiger partial charge in [0.1, 0.15) is 5.75 Å². The van der Waals surface area contributed by atoms with Crippen molar-refractivity contribution < 1.29 is 15.0 Å². The molecule has 4 N–H and O–H groups in total. The minimum atomic E-state index is -0.913. The van der Waals surface area contributed by atoms with Gasteiger partial charge in [-0.05, 0) is 18.2 Å². The molecule has 0 spiro atoms. The van der Waals surface area contributed by atoms with Gasteiger partial charge in [-0.25, -0.2) is 0 Å². The summed E-state index contributed by atoms with van der Waals surface area (Å²) in [7, 11) is 0. The molecule has 1 unspecified atom stereocenters. The predicted octanol–water partition coefficient (Wildman–Crippen LogP) is 1.33. The summed E-state index contributed by atoms with van der Waals surface area (Å²) in [6, 6.07) is 6.66. The lowest BCUT2D eigenvalue weighted by atomic mass is 9.95. The number of hydrogen-bond acceptors (Lipinski definition) is 3. The van der Waals surface area contributed by atoms with Crippen molar-refractivity contribution in [2.75, 3.05) is 6.54 Å². The summed E-state index contributed by atoms with van der Waals surface area (Å²) >= 11 is 0. The zero-order chi connectivity index (χ0) is 10.6. The summed E-state index contributed by atoms with van der Waals surface area (Å²) in [5, 5.41) is 18.1. The zero-order valence-electron chi connectivity index (χ0n) is 8.09. The largest absolute Gasteiger partial charge is 0.508 e. The Morgan fingerprint density at radius 2 is 2.00 bits per heavy atom. The van der Waals surface area contributed by atoms with Gasteiger partial charge in [0.2, 0.25) is 0 Å². The number of rotatable bonds is 4. The van der Waals surface area contributed by atoms with E-state index >= 15 is 0 Å². The summed E-state index contributed by atoms with van der Waals surface area (Å²) in [6.45, 7) is 0.212. The van der Waals surface area contributed by atoms with E-state index in [9.17, 15) is 9.90 Å². The van der Waals surface area contributed by atoms with Crippen molar-refractivity contribution in [3.05, 3.63) is 29.8 Å². The lowest BCUT2D eigenvalue weighted by Crippen LogP contribution is -2.16. The van der Waals surface area contributed by atoms with Crippen LogP contribution in [0, 0.1) is 0 Å². The Kier molecular flexibility index (Phi) is 5.74. The van der Waals surface area contributed by atoms with E-state index in [-0.39, 0.29) is 37.0 Å². The van der Waals surface area contributed by atoms with E-state index in [1.165, 1.54) is 6.07 Å². The highest BCUT2D eigenvalue weighted by atomic mass is 35.5. The number of nitrogens with two attached hydrogens (primary N) is 1. The number of carboxylic acid groups (broad SMARTS) is 1. The summed E-state index contributed by atoms with van der Waals surface area (Å²) < 4.78 is 0. The van der Waals surface area contributed by atoms with E-state index in [1.54, 1.807) is 18.2 Å². The molecule has 0 heterocycles. The second kappa shape index (κ2) is 6.27. The van der Waals surface area contributed by atoms with Crippen molar-refractivity contribution >= 4 is 18.4 Å². The van der Waals surface area contributed by atoms with Crippen molar-refractivity contribution in [2.24, 2.45) is 5.73 Å². The maximum Gasteiger partial charge on any atom is 0.304 e. The Labute approximate surface area is 94.1 Å². The summed E-state index contributed by atoms with van der Waals surface area (Å²) in [6.07, 6.45) is -0.0614. The molecule has 0 amide bonds. The Morgan fingerprint density at radius 3 is 2.47 bits per heavy atom. The van der Waals surface area contributed by atoms with Gasteiger partial charge in [0, 0.05) is 5.92 Å². The van der Waals surface area contributed by atoms with Crippen LogP contribution in [-0.2, 0) is 4.79 Å². The molecule has 1 aromatic rings. The van der Waals surface area contributed by atoms with Gasteiger partial charge >= 0.3 is 5.97 Å². The van der Waals surface area contributed by atoms with E-state index in [0.717, 1.165) is 0 Å². The average Bonchev–Trinajstić information content (AvgIpc) is 2.15. The molecule has 4 nitrogen and oxygen atoms in total. The molecule has 0 aliphatic carbocycles. The summed E-state index contributed by atoms with van der Waals surface area (Å²) in [4.78, 5) is 10.5. The molecule has 15 heavy (non-hydrogen) atoms. The fraction of sp³-hybridized carbons (Fsp3) is 0.300. The second-order valence-electron chi connectivity index (χ2n) is 3.09. The van der Waals surface area contributed by atoms with Gasteiger partial charge in [-0.15, -0.1) is 12.4 Å². The highest BCUT2D eigenvalue weighted by molar-refractivity contribution is 5.85. The molecule has 1 aromatic carbocycles.